The third-order valence-corrected chi connectivity index (χ3v) is 2.71. The van der Waals surface area contributed by atoms with Crippen molar-refractivity contribution in [1.29, 1.82) is 0 Å². The minimum Gasteiger partial charge on any atom is -0.385 e. The van der Waals surface area contributed by atoms with Crippen LogP contribution in [-0.2, 0) is 9.47 Å². The van der Waals surface area contributed by atoms with E-state index in [9.17, 15) is 0 Å². The van der Waals surface area contributed by atoms with Gasteiger partial charge in [-0.05, 0) is 19.3 Å². The topological polar surface area (TPSA) is 54.9 Å². The van der Waals surface area contributed by atoms with E-state index in [1.54, 1.807) is 7.11 Å². The van der Waals surface area contributed by atoms with E-state index >= 15 is 0 Å². The van der Waals surface area contributed by atoms with Crippen LogP contribution in [0, 0.1) is 0 Å². The van der Waals surface area contributed by atoms with E-state index in [2.05, 4.69) is 22.2 Å². The Morgan fingerprint density at radius 2 is 2.44 bits per heavy atom. The molecule has 2 N–H and O–H groups in total. The van der Waals surface area contributed by atoms with Crippen LogP contribution >= 0.6 is 0 Å². The van der Waals surface area contributed by atoms with Crippen LogP contribution in [0.5, 0.6) is 0 Å². The van der Waals surface area contributed by atoms with Gasteiger partial charge in [0.25, 0.3) is 0 Å². The largest absolute Gasteiger partial charge is 0.385 e. The van der Waals surface area contributed by atoms with Gasteiger partial charge >= 0.3 is 0 Å². The summed E-state index contributed by atoms with van der Waals surface area (Å²) in [7, 11) is 1.71. The summed E-state index contributed by atoms with van der Waals surface area (Å²) < 4.78 is 10.6. The fourth-order valence-corrected chi connectivity index (χ4v) is 1.75. The summed E-state index contributed by atoms with van der Waals surface area (Å²) in [4.78, 5) is 4.52. The van der Waals surface area contributed by atoms with E-state index < -0.39 is 0 Å². The molecule has 1 saturated heterocycles. The lowest BCUT2D eigenvalue weighted by Gasteiger charge is -2.12. The number of methoxy groups -OCH3 is 1. The summed E-state index contributed by atoms with van der Waals surface area (Å²) in [6.45, 7) is 7.60. The van der Waals surface area contributed by atoms with Crippen molar-refractivity contribution in [2.75, 3.05) is 40.0 Å². The van der Waals surface area contributed by atoms with Gasteiger partial charge in [-0.3, -0.25) is 4.99 Å². The highest BCUT2D eigenvalue weighted by Gasteiger charge is 2.14. The SMILES string of the molecule is C=CCNC(=NC[C@@H]1CCCO1)NCCCOC. The maximum absolute atomic E-state index is 5.55. The van der Waals surface area contributed by atoms with Gasteiger partial charge in [-0.1, -0.05) is 6.08 Å². The Bertz CT molecular complexity index is 251. The molecule has 0 aromatic heterocycles. The van der Waals surface area contributed by atoms with Crippen LogP contribution in [0.2, 0.25) is 0 Å². The lowest BCUT2D eigenvalue weighted by Crippen LogP contribution is -2.38. The summed E-state index contributed by atoms with van der Waals surface area (Å²) in [5.74, 6) is 0.821. The summed E-state index contributed by atoms with van der Waals surface area (Å²) in [6, 6.07) is 0. The maximum Gasteiger partial charge on any atom is 0.191 e. The first-order valence-electron chi connectivity index (χ1n) is 6.60. The molecule has 1 fully saturated rings. The fourth-order valence-electron chi connectivity index (χ4n) is 1.75. The molecule has 1 atom stereocenters. The van der Waals surface area contributed by atoms with E-state index in [1.807, 2.05) is 6.08 Å². The Kier molecular flexibility index (Phi) is 8.25. The molecule has 18 heavy (non-hydrogen) atoms. The van der Waals surface area contributed by atoms with E-state index in [1.165, 1.54) is 0 Å². The summed E-state index contributed by atoms with van der Waals surface area (Å²) in [6.07, 6.45) is 5.33. The second-order valence-electron chi connectivity index (χ2n) is 4.27. The minimum absolute atomic E-state index is 0.284. The van der Waals surface area contributed by atoms with Crippen molar-refractivity contribution in [3.63, 3.8) is 0 Å². The van der Waals surface area contributed by atoms with Gasteiger partial charge in [0.05, 0.1) is 12.6 Å². The van der Waals surface area contributed by atoms with Gasteiger partial charge in [0.15, 0.2) is 5.96 Å². The summed E-state index contributed by atoms with van der Waals surface area (Å²) in [5, 5.41) is 6.46. The molecule has 1 aliphatic rings. The molecular weight excluding hydrogens is 230 g/mol. The molecule has 1 rings (SSSR count). The zero-order valence-electron chi connectivity index (χ0n) is 11.3. The molecule has 0 bridgehead atoms. The standard InChI is InChI=1S/C13H25N3O2/c1-3-7-14-13(15-8-5-9-17-2)16-11-12-6-4-10-18-12/h3,12H,1,4-11H2,2H3,(H2,14,15,16)/t12-/m0/s1. The smallest absolute Gasteiger partial charge is 0.191 e. The molecule has 5 nitrogen and oxygen atoms in total. The second kappa shape index (κ2) is 9.91. The van der Waals surface area contributed by atoms with Crippen LogP contribution in [-0.4, -0.2) is 52.0 Å². The van der Waals surface area contributed by atoms with Crippen molar-refractivity contribution >= 4 is 5.96 Å². The van der Waals surface area contributed by atoms with Crippen molar-refractivity contribution in [2.45, 2.75) is 25.4 Å². The molecule has 0 aromatic rings. The monoisotopic (exact) mass is 255 g/mol. The molecule has 0 unspecified atom stereocenters. The van der Waals surface area contributed by atoms with Gasteiger partial charge in [0, 0.05) is 33.4 Å². The molecule has 5 heteroatoms. The van der Waals surface area contributed by atoms with Crippen molar-refractivity contribution in [2.24, 2.45) is 4.99 Å². The van der Waals surface area contributed by atoms with Crippen LogP contribution in [0.1, 0.15) is 19.3 Å². The third kappa shape index (κ3) is 6.61. The maximum atomic E-state index is 5.55. The first kappa shape index (κ1) is 15.0. The van der Waals surface area contributed by atoms with Crippen molar-refractivity contribution < 1.29 is 9.47 Å². The molecule has 0 saturated carbocycles. The summed E-state index contributed by atoms with van der Waals surface area (Å²) in [5.41, 5.74) is 0. The number of nitrogens with one attached hydrogen (secondary N) is 2. The highest BCUT2D eigenvalue weighted by molar-refractivity contribution is 5.79. The van der Waals surface area contributed by atoms with Crippen LogP contribution < -0.4 is 10.6 Å². The quantitative estimate of drug-likeness (QED) is 0.293. The van der Waals surface area contributed by atoms with Crippen molar-refractivity contribution in [1.82, 2.24) is 10.6 Å². The Labute approximate surface area is 110 Å². The average Bonchev–Trinajstić information content (AvgIpc) is 2.90. The van der Waals surface area contributed by atoms with E-state index in [-0.39, 0.29) is 6.10 Å². The molecule has 0 aromatic carbocycles. The van der Waals surface area contributed by atoms with Crippen molar-refractivity contribution in [3.8, 4) is 0 Å². The predicted octanol–water partition coefficient (Wildman–Crippen LogP) is 0.923. The Hall–Kier alpha value is -1.07. The number of hydrogen-bond acceptors (Lipinski definition) is 3. The van der Waals surface area contributed by atoms with Gasteiger partial charge in [-0.2, -0.15) is 0 Å². The third-order valence-electron chi connectivity index (χ3n) is 2.71. The molecule has 1 heterocycles. The minimum atomic E-state index is 0.284. The van der Waals surface area contributed by atoms with E-state index in [0.717, 1.165) is 51.5 Å². The normalized spacial score (nSPS) is 19.8. The lowest BCUT2D eigenvalue weighted by atomic mass is 10.2. The highest BCUT2D eigenvalue weighted by atomic mass is 16.5. The summed E-state index contributed by atoms with van der Waals surface area (Å²) >= 11 is 0. The number of hydrogen-bond donors (Lipinski definition) is 2. The van der Waals surface area contributed by atoms with Crippen LogP contribution in [0.4, 0.5) is 0 Å². The molecule has 0 amide bonds. The number of aliphatic imine (C=N–C) groups is 1. The van der Waals surface area contributed by atoms with Crippen LogP contribution in [0.3, 0.4) is 0 Å². The Balaban J connectivity index is 2.27. The zero-order valence-corrected chi connectivity index (χ0v) is 11.3. The second-order valence-corrected chi connectivity index (χ2v) is 4.27. The van der Waals surface area contributed by atoms with Gasteiger partial charge in [-0.25, -0.2) is 0 Å². The predicted molar refractivity (Wildman–Crippen MR) is 74.0 cm³/mol. The first-order chi connectivity index (χ1) is 8.86. The molecular formula is C13H25N3O2. The lowest BCUT2D eigenvalue weighted by molar-refractivity contribution is 0.117. The number of rotatable bonds is 8. The molecule has 0 spiro atoms. The number of guanidine groups is 1. The molecule has 1 aliphatic heterocycles. The van der Waals surface area contributed by atoms with Gasteiger partial charge < -0.3 is 20.1 Å². The zero-order chi connectivity index (χ0) is 13.1. The average molecular weight is 255 g/mol. The van der Waals surface area contributed by atoms with Crippen molar-refractivity contribution in [3.05, 3.63) is 12.7 Å². The molecule has 0 aliphatic carbocycles. The Morgan fingerprint density at radius 1 is 1.56 bits per heavy atom. The van der Waals surface area contributed by atoms with E-state index in [0.29, 0.717) is 6.54 Å². The van der Waals surface area contributed by atoms with Gasteiger partial charge in [0.1, 0.15) is 0 Å². The van der Waals surface area contributed by atoms with Crippen LogP contribution in [0.25, 0.3) is 0 Å². The van der Waals surface area contributed by atoms with Gasteiger partial charge in [0.2, 0.25) is 0 Å². The molecule has 0 radical (unpaired) electrons. The van der Waals surface area contributed by atoms with E-state index in [4.69, 9.17) is 9.47 Å². The Morgan fingerprint density at radius 3 is 3.11 bits per heavy atom. The van der Waals surface area contributed by atoms with Crippen LogP contribution in [0.15, 0.2) is 17.6 Å². The highest BCUT2D eigenvalue weighted by Crippen LogP contribution is 2.11. The fraction of sp³-hybridized carbons (Fsp3) is 0.769. The molecule has 104 valence electrons. The first-order valence-corrected chi connectivity index (χ1v) is 6.60. The number of nitrogens with zero attached hydrogens (tertiary/aromatic N) is 1. The van der Waals surface area contributed by atoms with Gasteiger partial charge in [-0.15, -0.1) is 6.58 Å². The number of ether oxygens (including phenoxy) is 2.